The van der Waals surface area contributed by atoms with Crippen molar-refractivity contribution in [2.45, 2.75) is 26.5 Å². The van der Waals surface area contributed by atoms with Gasteiger partial charge in [-0.3, -0.25) is 4.79 Å². The van der Waals surface area contributed by atoms with Crippen molar-refractivity contribution in [2.24, 2.45) is 0 Å². The van der Waals surface area contributed by atoms with Crippen LogP contribution in [0.4, 0.5) is 11.6 Å². The smallest absolute Gasteiger partial charge is 0.255 e. The number of nitrogens with zero attached hydrogens (tertiary/aromatic N) is 3. The van der Waals surface area contributed by atoms with Crippen molar-refractivity contribution in [1.29, 1.82) is 0 Å². The number of allylic oxidation sites excluding steroid dienone is 1. The van der Waals surface area contributed by atoms with Gasteiger partial charge < -0.3 is 15.4 Å². The van der Waals surface area contributed by atoms with Crippen LogP contribution in [-0.4, -0.2) is 20.7 Å². The number of anilines is 2. The van der Waals surface area contributed by atoms with Gasteiger partial charge in [0.25, 0.3) is 5.91 Å². The molecule has 1 aliphatic rings. The SMILES string of the molecule is CC1=C(C(=O)Nc2cccc(C)c2)C(c2cccc(OCc3ccc(Cl)cc3)c2)n2ncnc2N1. The molecule has 35 heavy (non-hydrogen) atoms. The van der Waals surface area contributed by atoms with E-state index in [2.05, 4.69) is 20.7 Å². The summed E-state index contributed by atoms with van der Waals surface area (Å²) in [6.45, 7) is 4.26. The molecular formula is C27H24ClN5O2. The predicted octanol–water partition coefficient (Wildman–Crippen LogP) is 5.75. The number of fused-ring (bicyclic) bond motifs is 1. The number of aromatic nitrogens is 3. The van der Waals surface area contributed by atoms with Crippen LogP contribution >= 0.6 is 11.6 Å². The summed E-state index contributed by atoms with van der Waals surface area (Å²) in [4.78, 5) is 17.8. The van der Waals surface area contributed by atoms with E-state index in [1.54, 1.807) is 4.68 Å². The number of hydrogen-bond donors (Lipinski definition) is 2. The van der Waals surface area contributed by atoms with E-state index < -0.39 is 6.04 Å². The number of carbonyl (C=O) groups excluding carboxylic acids is 1. The minimum absolute atomic E-state index is 0.209. The van der Waals surface area contributed by atoms with E-state index in [0.717, 1.165) is 22.4 Å². The van der Waals surface area contributed by atoms with Gasteiger partial charge in [-0.2, -0.15) is 10.1 Å². The average Bonchev–Trinajstić information content (AvgIpc) is 3.31. The Hall–Kier alpha value is -4.10. The molecule has 0 saturated carbocycles. The highest BCUT2D eigenvalue weighted by Gasteiger charge is 2.33. The van der Waals surface area contributed by atoms with E-state index in [1.807, 2.05) is 86.6 Å². The molecule has 2 heterocycles. The van der Waals surface area contributed by atoms with Crippen molar-refractivity contribution in [3.8, 4) is 5.75 Å². The maximum absolute atomic E-state index is 13.5. The Morgan fingerprint density at radius 1 is 1.09 bits per heavy atom. The quantitative estimate of drug-likeness (QED) is 0.363. The molecule has 0 aliphatic carbocycles. The summed E-state index contributed by atoms with van der Waals surface area (Å²) in [6, 6.07) is 22.5. The Morgan fingerprint density at radius 2 is 1.89 bits per heavy atom. The zero-order valence-corrected chi connectivity index (χ0v) is 20.1. The molecule has 0 fully saturated rings. The van der Waals surface area contributed by atoms with Gasteiger partial charge in [-0.05, 0) is 66.9 Å². The van der Waals surface area contributed by atoms with Gasteiger partial charge in [0.1, 0.15) is 24.7 Å². The first-order valence-corrected chi connectivity index (χ1v) is 11.6. The van der Waals surface area contributed by atoms with Crippen molar-refractivity contribution in [1.82, 2.24) is 14.8 Å². The molecule has 0 saturated heterocycles. The van der Waals surface area contributed by atoms with Crippen molar-refractivity contribution in [3.63, 3.8) is 0 Å². The molecule has 1 unspecified atom stereocenters. The lowest BCUT2D eigenvalue weighted by Gasteiger charge is -2.29. The van der Waals surface area contributed by atoms with E-state index in [0.29, 0.717) is 34.6 Å². The molecule has 176 valence electrons. The third kappa shape index (κ3) is 4.90. The Balaban J connectivity index is 1.45. The molecule has 0 radical (unpaired) electrons. The summed E-state index contributed by atoms with van der Waals surface area (Å²) in [7, 11) is 0. The van der Waals surface area contributed by atoms with Crippen LogP contribution < -0.4 is 15.4 Å². The molecule has 4 aromatic rings. The number of ether oxygens (including phenoxy) is 1. The van der Waals surface area contributed by atoms with Gasteiger partial charge in [-0.1, -0.05) is 48.0 Å². The topological polar surface area (TPSA) is 81.1 Å². The lowest BCUT2D eigenvalue weighted by atomic mass is 9.94. The third-order valence-electron chi connectivity index (χ3n) is 5.81. The fourth-order valence-electron chi connectivity index (χ4n) is 4.14. The summed E-state index contributed by atoms with van der Waals surface area (Å²) in [5, 5.41) is 11.3. The first-order valence-electron chi connectivity index (χ1n) is 11.2. The normalized spacial score (nSPS) is 14.8. The maximum atomic E-state index is 13.5. The molecule has 1 atom stereocenters. The third-order valence-corrected chi connectivity index (χ3v) is 6.06. The maximum Gasteiger partial charge on any atom is 0.255 e. The van der Waals surface area contributed by atoms with Crippen LogP contribution in [0.3, 0.4) is 0 Å². The summed E-state index contributed by atoms with van der Waals surface area (Å²) >= 11 is 5.98. The van der Waals surface area contributed by atoms with E-state index in [4.69, 9.17) is 16.3 Å². The van der Waals surface area contributed by atoms with Gasteiger partial charge in [0.05, 0.1) is 5.57 Å². The Labute approximate surface area is 208 Å². The van der Waals surface area contributed by atoms with Crippen LogP contribution in [0.1, 0.15) is 29.7 Å². The van der Waals surface area contributed by atoms with E-state index >= 15 is 0 Å². The lowest BCUT2D eigenvalue weighted by molar-refractivity contribution is -0.113. The Bertz CT molecular complexity index is 1410. The summed E-state index contributed by atoms with van der Waals surface area (Å²) in [5.74, 6) is 1.06. The molecule has 1 aliphatic heterocycles. The molecule has 7 nitrogen and oxygen atoms in total. The van der Waals surface area contributed by atoms with Crippen molar-refractivity contribution >= 4 is 29.1 Å². The average molecular weight is 486 g/mol. The van der Waals surface area contributed by atoms with Crippen LogP contribution in [0.15, 0.2) is 90.4 Å². The van der Waals surface area contributed by atoms with Crippen LogP contribution in [0.2, 0.25) is 5.02 Å². The van der Waals surface area contributed by atoms with Gasteiger partial charge in [0.2, 0.25) is 5.95 Å². The number of halogens is 1. The molecule has 0 spiro atoms. The van der Waals surface area contributed by atoms with Gasteiger partial charge >= 0.3 is 0 Å². The predicted molar refractivity (Wildman–Crippen MR) is 137 cm³/mol. The molecule has 5 rings (SSSR count). The standard InChI is InChI=1S/C27H24ClN5O2/c1-17-5-3-7-22(13-17)32-26(34)24-18(2)31-27-29-16-30-33(27)25(24)20-6-4-8-23(14-20)35-15-19-9-11-21(28)12-10-19/h3-14,16,25H,15H2,1-2H3,(H,32,34)(H,29,30,31). The van der Waals surface area contributed by atoms with Gasteiger partial charge in [0.15, 0.2) is 0 Å². The van der Waals surface area contributed by atoms with Crippen LogP contribution in [0, 0.1) is 6.92 Å². The largest absolute Gasteiger partial charge is 0.489 e. The van der Waals surface area contributed by atoms with Gasteiger partial charge in [0, 0.05) is 16.4 Å². The molecular weight excluding hydrogens is 462 g/mol. The second-order valence-corrected chi connectivity index (χ2v) is 8.84. The highest BCUT2D eigenvalue weighted by atomic mass is 35.5. The van der Waals surface area contributed by atoms with Crippen LogP contribution in [0.25, 0.3) is 0 Å². The Morgan fingerprint density at radius 3 is 2.69 bits per heavy atom. The highest BCUT2D eigenvalue weighted by molar-refractivity contribution is 6.30. The van der Waals surface area contributed by atoms with Crippen molar-refractivity contribution in [3.05, 3.63) is 112 Å². The zero-order valence-electron chi connectivity index (χ0n) is 19.3. The summed E-state index contributed by atoms with van der Waals surface area (Å²) in [6.07, 6.45) is 1.48. The number of hydrogen-bond acceptors (Lipinski definition) is 5. The highest BCUT2D eigenvalue weighted by Crippen LogP contribution is 2.36. The minimum Gasteiger partial charge on any atom is -0.489 e. The van der Waals surface area contributed by atoms with Crippen LogP contribution in [0.5, 0.6) is 5.75 Å². The monoisotopic (exact) mass is 485 g/mol. The molecule has 2 N–H and O–H groups in total. The fourth-order valence-corrected chi connectivity index (χ4v) is 4.26. The fraction of sp³-hybridized carbons (Fsp3) is 0.148. The Kier molecular flexibility index (Phi) is 6.25. The molecule has 1 aromatic heterocycles. The molecule has 0 bridgehead atoms. The van der Waals surface area contributed by atoms with Crippen molar-refractivity contribution in [2.75, 3.05) is 10.6 Å². The second-order valence-electron chi connectivity index (χ2n) is 8.41. The first-order chi connectivity index (χ1) is 17.0. The van der Waals surface area contributed by atoms with Crippen LogP contribution in [-0.2, 0) is 11.4 Å². The zero-order chi connectivity index (χ0) is 24.4. The van der Waals surface area contributed by atoms with Gasteiger partial charge in [-0.25, -0.2) is 4.68 Å². The van der Waals surface area contributed by atoms with E-state index in [-0.39, 0.29) is 5.91 Å². The lowest BCUT2D eigenvalue weighted by Crippen LogP contribution is -2.31. The second kappa shape index (κ2) is 9.64. The minimum atomic E-state index is -0.474. The van der Waals surface area contributed by atoms with E-state index in [1.165, 1.54) is 6.33 Å². The number of amides is 1. The molecule has 3 aromatic carbocycles. The first kappa shape index (κ1) is 22.7. The number of carbonyl (C=O) groups is 1. The van der Waals surface area contributed by atoms with Gasteiger partial charge in [-0.15, -0.1) is 0 Å². The molecule has 8 heteroatoms. The molecule has 1 amide bonds. The number of rotatable bonds is 6. The summed E-state index contributed by atoms with van der Waals surface area (Å²) in [5.41, 5.74) is 4.94. The van der Waals surface area contributed by atoms with E-state index in [9.17, 15) is 4.79 Å². The number of nitrogens with one attached hydrogen (secondary N) is 2. The van der Waals surface area contributed by atoms with Crippen molar-refractivity contribution < 1.29 is 9.53 Å². The summed E-state index contributed by atoms with van der Waals surface area (Å²) < 4.78 is 7.76. The number of aryl methyl sites for hydroxylation is 1. The number of benzene rings is 3.